The Bertz CT molecular complexity index is 254. The van der Waals surface area contributed by atoms with Crippen molar-refractivity contribution in [3.63, 3.8) is 0 Å². The zero-order valence-corrected chi connectivity index (χ0v) is 9.66. The first-order valence-electron chi connectivity index (χ1n) is 5.57. The second-order valence-corrected chi connectivity index (χ2v) is 3.63. The monoisotopic (exact) mass is 208 g/mol. The molecule has 0 aliphatic rings. The van der Waals surface area contributed by atoms with Gasteiger partial charge in [-0.1, -0.05) is 31.9 Å². The smallest absolute Gasteiger partial charge is 0.119 e. The molecule has 2 nitrogen and oxygen atoms in total. The molecular weight excluding hydrogens is 188 g/mol. The van der Waals surface area contributed by atoms with Gasteiger partial charge in [-0.05, 0) is 24.1 Å². The van der Waals surface area contributed by atoms with Gasteiger partial charge in [0.05, 0.1) is 13.2 Å². The maximum atomic E-state index is 5.60. The van der Waals surface area contributed by atoms with Gasteiger partial charge in [-0.2, -0.15) is 0 Å². The quantitative estimate of drug-likeness (QED) is 0.639. The zero-order valence-electron chi connectivity index (χ0n) is 9.66. The Morgan fingerprint density at radius 1 is 1.07 bits per heavy atom. The fourth-order valence-electron chi connectivity index (χ4n) is 1.39. The largest absolute Gasteiger partial charge is 0.494 e. The van der Waals surface area contributed by atoms with E-state index in [0.29, 0.717) is 6.61 Å². The third-order valence-corrected chi connectivity index (χ3v) is 2.25. The second kappa shape index (κ2) is 7.30. The van der Waals surface area contributed by atoms with Crippen molar-refractivity contribution in [2.45, 2.75) is 32.8 Å². The molecule has 84 valence electrons. The van der Waals surface area contributed by atoms with Crippen LogP contribution in [0, 0.1) is 0 Å². The molecule has 0 amide bonds. The molecule has 0 bridgehead atoms. The molecule has 0 radical (unpaired) electrons. The van der Waals surface area contributed by atoms with Crippen molar-refractivity contribution >= 4 is 0 Å². The van der Waals surface area contributed by atoms with Crippen LogP contribution in [-0.2, 0) is 11.3 Å². The molecule has 0 saturated carbocycles. The van der Waals surface area contributed by atoms with E-state index < -0.39 is 0 Å². The van der Waals surface area contributed by atoms with E-state index in [4.69, 9.17) is 9.47 Å². The SMILES string of the molecule is CCCCCOc1ccc(COC)cc1. The number of rotatable bonds is 7. The van der Waals surface area contributed by atoms with E-state index >= 15 is 0 Å². The van der Waals surface area contributed by atoms with Crippen molar-refractivity contribution in [2.24, 2.45) is 0 Å². The topological polar surface area (TPSA) is 18.5 Å². The van der Waals surface area contributed by atoms with Crippen molar-refractivity contribution in [2.75, 3.05) is 13.7 Å². The van der Waals surface area contributed by atoms with Crippen LogP contribution in [0.15, 0.2) is 24.3 Å². The summed E-state index contributed by atoms with van der Waals surface area (Å²) in [5.74, 6) is 0.950. The molecule has 0 N–H and O–H groups in total. The van der Waals surface area contributed by atoms with Gasteiger partial charge in [-0.15, -0.1) is 0 Å². The van der Waals surface area contributed by atoms with Crippen LogP contribution in [0.1, 0.15) is 31.7 Å². The molecule has 1 rings (SSSR count). The minimum absolute atomic E-state index is 0.663. The van der Waals surface area contributed by atoms with Crippen LogP contribution in [0.5, 0.6) is 5.75 Å². The fourth-order valence-corrected chi connectivity index (χ4v) is 1.39. The molecule has 1 aromatic rings. The van der Waals surface area contributed by atoms with Crippen LogP contribution in [0.25, 0.3) is 0 Å². The Morgan fingerprint density at radius 3 is 2.40 bits per heavy atom. The Morgan fingerprint density at radius 2 is 1.80 bits per heavy atom. The van der Waals surface area contributed by atoms with E-state index in [1.807, 2.05) is 24.3 Å². The lowest BCUT2D eigenvalue weighted by molar-refractivity contribution is 0.185. The first kappa shape index (κ1) is 12.1. The highest BCUT2D eigenvalue weighted by Gasteiger charge is 1.95. The van der Waals surface area contributed by atoms with Gasteiger partial charge in [-0.25, -0.2) is 0 Å². The predicted octanol–water partition coefficient (Wildman–Crippen LogP) is 3.40. The minimum Gasteiger partial charge on any atom is -0.494 e. The van der Waals surface area contributed by atoms with Gasteiger partial charge in [0.2, 0.25) is 0 Å². The molecule has 0 spiro atoms. The average Bonchev–Trinajstić information content (AvgIpc) is 2.27. The zero-order chi connectivity index (χ0) is 10.9. The van der Waals surface area contributed by atoms with Gasteiger partial charge >= 0.3 is 0 Å². The molecule has 15 heavy (non-hydrogen) atoms. The summed E-state index contributed by atoms with van der Waals surface area (Å²) in [7, 11) is 1.70. The number of hydrogen-bond acceptors (Lipinski definition) is 2. The van der Waals surface area contributed by atoms with Gasteiger partial charge in [0.15, 0.2) is 0 Å². The normalized spacial score (nSPS) is 10.3. The lowest BCUT2D eigenvalue weighted by Crippen LogP contribution is -1.97. The summed E-state index contributed by atoms with van der Waals surface area (Å²) < 4.78 is 10.6. The first-order chi connectivity index (χ1) is 7.36. The summed E-state index contributed by atoms with van der Waals surface area (Å²) in [6.45, 7) is 3.67. The van der Waals surface area contributed by atoms with Gasteiger partial charge in [0.1, 0.15) is 5.75 Å². The highest BCUT2D eigenvalue weighted by molar-refractivity contribution is 5.26. The maximum Gasteiger partial charge on any atom is 0.119 e. The van der Waals surface area contributed by atoms with Gasteiger partial charge in [0, 0.05) is 7.11 Å². The minimum atomic E-state index is 0.663. The number of methoxy groups -OCH3 is 1. The summed E-state index contributed by atoms with van der Waals surface area (Å²) in [5, 5.41) is 0. The van der Waals surface area contributed by atoms with Crippen molar-refractivity contribution < 1.29 is 9.47 Å². The Kier molecular flexibility index (Phi) is 5.86. The molecule has 0 heterocycles. The lowest BCUT2D eigenvalue weighted by Gasteiger charge is -2.06. The fraction of sp³-hybridized carbons (Fsp3) is 0.538. The van der Waals surface area contributed by atoms with Crippen LogP contribution in [0.2, 0.25) is 0 Å². The number of ether oxygens (including phenoxy) is 2. The molecule has 1 aromatic carbocycles. The third kappa shape index (κ3) is 4.84. The van der Waals surface area contributed by atoms with Crippen LogP contribution in [0.3, 0.4) is 0 Å². The summed E-state index contributed by atoms with van der Waals surface area (Å²) in [6, 6.07) is 8.08. The number of unbranched alkanes of at least 4 members (excludes halogenated alkanes) is 2. The van der Waals surface area contributed by atoms with Crippen LogP contribution >= 0.6 is 0 Å². The van der Waals surface area contributed by atoms with Crippen molar-refractivity contribution in [1.29, 1.82) is 0 Å². The summed E-state index contributed by atoms with van der Waals surface area (Å²) >= 11 is 0. The van der Waals surface area contributed by atoms with E-state index in [1.165, 1.54) is 18.4 Å². The average molecular weight is 208 g/mol. The maximum absolute atomic E-state index is 5.60. The summed E-state index contributed by atoms with van der Waals surface area (Å²) in [5.41, 5.74) is 1.18. The highest BCUT2D eigenvalue weighted by atomic mass is 16.5. The van der Waals surface area contributed by atoms with E-state index in [9.17, 15) is 0 Å². The van der Waals surface area contributed by atoms with E-state index in [-0.39, 0.29) is 0 Å². The lowest BCUT2D eigenvalue weighted by atomic mass is 10.2. The third-order valence-electron chi connectivity index (χ3n) is 2.25. The molecule has 0 aliphatic heterocycles. The summed E-state index contributed by atoms with van der Waals surface area (Å²) in [6.07, 6.45) is 3.61. The standard InChI is InChI=1S/C13H20O2/c1-3-4-5-10-15-13-8-6-12(7-9-13)11-14-2/h6-9H,3-5,10-11H2,1-2H3. The van der Waals surface area contributed by atoms with E-state index in [2.05, 4.69) is 6.92 Å². The van der Waals surface area contributed by atoms with Crippen LogP contribution in [-0.4, -0.2) is 13.7 Å². The van der Waals surface area contributed by atoms with Crippen LogP contribution < -0.4 is 4.74 Å². The summed E-state index contributed by atoms with van der Waals surface area (Å²) in [4.78, 5) is 0. The van der Waals surface area contributed by atoms with Gasteiger partial charge in [-0.3, -0.25) is 0 Å². The molecule has 2 heteroatoms. The highest BCUT2D eigenvalue weighted by Crippen LogP contribution is 2.13. The molecule has 0 aromatic heterocycles. The van der Waals surface area contributed by atoms with E-state index in [0.717, 1.165) is 18.8 Å². The van der Waals surface area contributed by atoms with Crippen molar-refractivity contribution in [1.82, 2.24) is 0 Å². The molecule has 0 saturated heterocycles. The number of benzene rings is 1. The molecular formula is C13H20O2. The van der Waals surface area contributed by atoms with Crippen molar-refractivity contribution in [3.8, 4) is 5.75 Å². The molecule has 0 aliphatic carbocycles. The first-order valence-corrected chi connectivity index (χ1v) is 5.57. The Hall–Kier alpha value is -1.02. The number of hydrogen-bond donors (Lipinski definition) is 0. The van der Waals surface area contributed by atoms with Gasteiger partial charge in [0.25, 0.3) is 0 Å². The van der Waals surface area contributed by atoms with Gasteiger partial charge < -0.3 is 9.47 Å². The Labute approximate surface area is 92.2 Å². The Balaban J connectivity index is 2.29. The predicted molar refractivity (Wildman–Crippen MR) is 62.2 cm³/mol. The second-order valence-electron chi connectivity index (χ2n) is 3.63. The molecule has 0 atom stereocenters. The van der Waals surface area contributed by atoms with E-state index in [1.54, 1.807) is 7.11 Å². The van der Waals surface area contributed by atoms with Crippen LogP contribution in [0.4, 0.5) is 0 Å². The molecule has 0 fully saturated rings. The molecule has 0 unspecified atom stereocenters. The van der Waals surface area contributed by atoms with Crippen molar-refractivity contribution in [3.05, 3.63) is 29.8 Å².